The summed E-state index contributed by atoms with van der Waals surface area (Å²) < 4.78 is 223. The quantitative estimate of drug-likeness (QED) is 0.0356. The number of nitrogens with zero attached hydrogens (tertiary/aromatic N) is 7. The van der Waals surface area contributed by atoms with Crippen LogP contribution in [0.15, 0.2) is 42.5 Å². The number of pyridine rings is 1. The first-order valence-corrected chi connectivity index (χ1v) is 28.4. The monoisotopic (exact) mass is 1220 g/mol. The van der Waals surface area contributed by atoms with E-state index in [9.17, 15) is 70.9 Å². The zero-order valence-electron chi connectivity index (χ0n) is 41.7. The second kappa shape index (κ2) is 21.7. The zero-order valence-corrected chi connectivity index (χ0v) is 44.9. The number of carbonyl (C=O) groups excluding carboxylic acids is 3. The molecule has 80 heavy (non-hydrogen) atoms. The first-order valence-electron chi connectivity index (χ1n) is 22.7. The maximum absolute atomic E-state index is 15.6. The first kappa shape index (κ1) is 61.1. The zero-order chi connectivity index (χ0) is 59.6. The number of likely N-dealkylation sites (N-methyl/N-ethyl adjacent to an activating group) is 1. The number of phosphoric ester groups is 1. The molecule has 0 spiro atoms. The van der Waals surface area contributed by atoms with Crippen LogP contribution in [0.4, 0.5) is 59.3 Å². The first-order chi connectivity index (χ1) is 36.7. The summed E-state index contributed by atoms with van der Waals surface area (Å²) >= 11 is 6.62. The van der Waals surface area contributed by atoms with Gasteiger partial charge in [-0.1, -0.05) is 23.6 Å². The molecule has 434 valence electrons. The van der Waals surface area contributed by atoms with Gasteiger partial charge in [-0.25, -0.2) is 49.3 Å². The van der Waals surface area contributed by atoms with E-state index in [1.807, 2.05) is 0 Å². The fourth-order valence-electron chi connectivity index (χ4n) is 8.45. The smallest absolute Gasteiger partial charge is 0.447 e. The standard InChI is InChI=1S/C45H42ClF10N8O13PS2/c1-42(2,79(4,71)72)11-10-25-6-7-26(35(57-25)31(16-22-14-23(47)17-24(48)15-22)58-32(65)19-62-38-33(37(59-62)45(54,55)56)28-18-29(28)44(38,52)53)27-8-9-30(46)34-36(27)63(20-43(49,50)51)60-39(34)64(80(5,73)74)41(67)75-13-12-61(3)40(66)76-21-77-78(68,69)70/h6-9,14-15,17,28-29,31H,12-13,16,18-21H2,1-5H3,(H,58,65)(H2,68,69,70)/t28-,29?,31-/m0/s1. The number of aromatic nitrogens is 5. The Morgan fingerprint density at radius 2 is 1.59 bits per heavy atom. The van der Waals surface area contributed by atoms with Gasteiger partial charge in [-0.3, -0.25) is 14.2 Å². The lowest BCUT2D eigenvalue weighted by Gasteiger charge is -2.23. The van der Waals surface area contributed by atoms with Crippen molar-refractivity contribution >= 4 is 74.1 Å². The number of carbonyl (C=O) groups is 3. The van der Waals surface area contributed by atoms with E-state index < -0.39 is 193 Å². The van der Waals surface area contributed by atoms with Crippen molar-refractivity contribution in [2.24, 2.45) is 5.92 Å². The lowest BCUT2D eigenvalue weighted by atomic mass is 9.93. The average molecular weight is 1220 g/mol. The van der Waals surface area contributed by atoms with Crippen LogP contribution >= 0.6 is 19.4 Å². The van der Waals surface area contributed by atoms with Crippen LogP contribution in [0.25, 0.3) is 22.0 Å². The minimum absolute atomic E-state index is 0.154. The summed E-state index contributed by atoms with van der Waals surface area (Å²) in [6.45, 7) is -3.78. The molecule has 3 N–H and O–H groups in total. The third kappa shape index (κ3) is 13.4. The number of nitrogens with one attached hydrogen (secondary N) is 1. The molecule has 5 aromatic rings. The third-order valence-corrected chi connectivity index (χ3v) is 16.1. The van der Waals surface area contributed by atoms with Crippen LogP contribution < -0.4 is 9.62 Å². The number of benzene rings is 2. The average Bonchev–Trinajstić information content (AvgIpc) is 3.81. The van der Waals surface area contributed by atoms with E-state index in [1.54, 1.807) is 0 Å². The van der Waals surface area contributed by atoms with E-state index in [2.05, 4.69) is 41.6 Å². The van der Waals surface area contributed by atoms with E-state index in [1.165, 1.54) is 13.8 Å². The second-order valence-electron chi connectivity index (χ2n) is 18.7. The molecule has 3 atom stereocenters. The lowest BCUT2D eigenvalue weighted by molar-refractivity contribution is -0.143. The molecule has 2 aliphatic carbocycles. The number of amides is 3. The van der Waals surface area contributed by atoms with Gasteiger partial charge in [0.05, 0.1) is 40.5 Å². The molecule has 21 nitrogen and oxygen atoms in total. The van der Waals surface area contributed by atoms with Gasteiger partial charge < -0.3 is 29.5 Å². The molecule has 0 bridgehead atoms. The summed E-state index contributed by atoms with van der Waals surface area (Å²) in [5.41, 5.74) is -6.49. The Labute approximate surface area is 451 Å². The van der Waals surface area contributed by atoms with Crippen molar-refractivity contribution in [2.75, 3.05) is 43.8 Å². The summed E-state index contributed by atoms with van der Waals surface area (Å²) in [5.74, 6) is -6.52. The Bertz CT molecular complexity index is 3660. The van der Waals surface area contributed by atoms with Crippen molar-refractivity contribution in [2.45, 2.75) is 74.8 Å². The number of sulfonamides is 1. The summed E-state index contributed by atoms with van der Waals surface area (Å²) in [6.07, 6.45) is -13.5. The van der Waals surface area contributed by atoms with Crippen molar-refractivity contribution in [3.63, 3.8) is 0 Å². The molecule has 0 aliphatic heterocycles. The Hall–Kier alpha value is -6.56. The normalized spacial score (nSPS) is 16.5. The van der Waals surface area contributed by atoms with Gasteiger partial charge in [-0.2, -0.15) is 49.6 Å². The maximum atomic E-state index is 15.6. The molecule has 1 fully saturated rings. The van der Waals surface area contributed by atoms with Gasteiger partial charge in [-0.05, 0) is 74.4 Å². The number of anilines is 1. The molecule has 2 aromatic carbocycles. The number of hydrogen-bond acceptors (Lipinski definition) is 14. The summed E-state index contributed by atoms with van der Waals surface area (Å²) in [4.78, 5) is 63.0. The van der Waals surface area contributed by atoms with Crippen LogP contribution in [0.2, 0.25) is 5.02 Å². The fourth-order valence-corrected chi connectivity index (χ4v) is 9.88. The van der Waals surface area contributed by atoms with E-state index in [4.69, 9.17) is 26.1 Å². The summed E-state index contributed by atoms with van der Waals surface area (Å²) in [5, 5.41) is 8.27. The molecule has 0 saturated heterocycles. The van der Waals surface area contributed by atoms with Crippen molar-refractivity contribution in [1.29, 1.82) is 0 Å². The van der Waals surface area contributed by atoms with E-state index in [0.717, 1.165) is 49.7 Å². The SMILES string of the molecule is CN(CCOC(=O)N(c1nn(CC(F)(F)F)c2c(-c3ccc(C#CC(C)(C)S(C)(=O)=O)nc3[C@H](Cc3cc(F)cc(F)c3)NC(=O)Cn3nc(C(F)(F)F)c4c3C(F)(F)C3C[C@H]43)ccc(Cl)c12)S(C)(=O)=O)C(=O)OCOP(=O)(O)O. The molecular formula is C45H42ClF10N8O13PS2. The number of sulfone groups is 1. The van der Waals surface area contributed by atoms with Crippen molar-refractivity contribution < 1.29 is 103 Å². The summed E-state index contributed by atoms with van der Waals surface area (Å²) in [7, 11) is -13.0. The highest BCUT2D eigenvalue weighted by Gasteiger charge is 2.68. The third-order valence-electron chi connectivity index (χ3n) is 12.4. The van der Waals surface area contributed by atoms with Crippen molar-refractivity contribution in [1.82, 2.24) is 34.8 Å². The largest absolute Gasteiger partial charge is 0.472 e. The number of fused-ring (bicyclic) bond motifs is 4. The molecular weight excluding hydrogens is 1180 g/mol. The fraction of sp³-hybridized carbons (Fsp3) is 0.422. The topological polar surface area (TPSA) is 272 Å². The minimum atomic E-state index is -5.26. The molecule has 35 heteroatoms. The number of hydrogen-bond donors (Lipinski definition) is 3. The molecule has 2 aliphatic rings. The van der Waals surface area contributed by atoms with E-state index in [-0.39, 0.29) is 31.3 Å². The highest BCUT2D eigenvalue weighted by atomic mass is 35.5. The van der Waals surface area contributed by atoms with Gasteiger partial charge in [0.2, 0.25) is 22.7 Å². The van der Waals surface area contributed by atoms with Crippen LogP contribution in [0.3, 0.4) is 0 Å². The molecule has 1 saturated carbocycles. The molecule has 7 rings (SSSR count). The Kier molecular flexibility index (Phi) is 16.6. The second-order valence-corrected chi connectivity index (χ2v) is 24.8. The van der Waals surface area contributed by atoms with Gasteiger partial charge in [0.1, 0.15) is 47.5 Å². The highest BCUT2D eigenvalue weighted by Crippen LogP contribution is 2.68. The van der Waals surface area contributed by atoms with Crippen molar-refractivity contribution in [3.05, 3.63) is 93.0 Å². The van der Waals surface area contributed by atoms with Crippen LogP contribution in [0, 0.1) is 29.4 Å². The predicted octanol–water partition coefficient (Wildman–Crippen LogP) is 7.33. The summed E-state index contributed by atoms with van der Waals surface area (Å²) in [6, 6.07) is 4.30. The maximum Gasteiger partial charge on any atom is 0.472 e. The van der Waals surface area contributed by atoms with E-state index >= 15 is 8.78 Å². The molecule has 0 radical (unpaired) electrons. The lowest BCUT2D eigenvalue weighted by Crippen LogP contribution is -2.39. The number of ether oxygens (including phenoxy) is 2. The molecule has 1 unspecified atom stereocenters. The number of halogens is 11. The van der Waals surface area contributed by atoms with Gasteiger partial charge in [-0.15, -0.1) is 0 Å². The van der Waals surface area contributed by atoms with Crippen LogP contribution in [-0.4, -0.2) is 125 Å². The van der Waals surface area contributed by atoms with Crippen LogP contribution in [0.5, 0.6) is 0 Å². The molecule has 3 aromatic heterocycles. The Balaban J connectivity index is 1.40. The van der Waals surface area contributed by atoms with Gasteiger partial charge in [0, 0.05) is 42.0 Å². The highest BCUT2D eigenvalue weighted by molar-refractivity contribution is 7.93. The van der Waals surface area contributed by atoms with Gasteiger partial charge in [0.25, 0.3) is 5.92 Å². The molecule has 3 heterocycles. The Morgan fingerprint density at radius 1 is 0.950 bits per heavy atom. The number of rotatable bonds is 17. The van der Waals surface area contributed by atoms with Gasteiger partial charge in [0.15, 0.2) is 21.3 Å². The number of alkyl halides is 8. The van der Waals surface area contributed by atoms with Crippen LogP contribution in [0.1, 0.15) is 66.1 Å². The minimum Gasteiger partial charge on any atom is -0.447 e. The van der Waals surface area contributed by atoms with Gasteiger partial charge >= 0.3 is 32.4 Å². The van der Waals surface area contributed by atoms with Crippen LogP contribution in [-0.2, 0) is 74.8 Å². The van der Waals surface area contributed by atoms with E-state index in [0.29, 0.717) is 17.2 Å². The predicted molar refractivity (Wildman–Crippen MR) is 259 cm³/mol. The number of phosphoric acid groups is 1. The Morgan fingerprint density at radius 3 is 2.17 bits per heavy atom. The van der Waals surface area contributed by atoms with Crippen molar-refractivity contribution in [3.8, 4) is 23.0 Å². The molecule has 3 amide bonds.